The minimum absolute atomic E-state index is 0. The molecule has 1 heterocycles. The molecule has 0 spiro atoms. The maximum absolute atomic E-state index is 12.7. The number of ether oxygens (including phenoxy) is 4. The van der Waals surface area contributed by atoms with Crippen molar-refractivity contribution in [2.24, 2.45) is 5.92 Å². The zero-order valence-electron chi connectivity index (χ0n) is 19.8. The van der Waals surface area contributed by atoms with E-state index in [0.29, 0.717) is 35.2 Å². The summed E-state index contributed by atoms with van der Waals surface area (Å²) in [6.45, 7) is 2.40. The molecule has 1 aliphatic carbocycles. The Labute approximate surface area is 259 Å². The molecular formula is C26H23NaO7Pr. The number of methoxy groups -OCH3 is 1. The molecular weight excluding hydrogens is 588 g/mol. The fourth-order valence-electron chi connectivity index (χ4n) is 5.00. The molecule has 0 bridgehead atoms. The number of hydrogen-bond donors (Lipinski definition) is 1. The van der Waals surface area contributed by atoms with E-state index in [1.807, 2.05) is 25.1 Å². The van der Waals surface area contributed by atoms with Crippen LogP contribution in [0.15, 0.2) is 54.6 Å². The van der Waals surface area contributed by atoms with Crippen molar-refractivity contribution >= 4 is 5.97 Å². The van der Waals surface area contributed by atoms with Gasteiger partial charge in [-0.05, 0) is 53.9 Å². The van der Waals surface area contributed by atoms with Crippen LogP contribution in [-0.4, -0.2) is 31.6 Å². The normalized spacial score (nSPS) is 19.2. The molecule has 3 atom stereocenters. The Kier molecular flexibility index (Phi) is 9.38. The molecule has 0 saturated heterocycles. The van der Waals surface area contributed by atoms with Crippen LogP contribution in [0.5, 0.6) is 28.7 Å². The molecule has 0 fully saturated rings. The van der Waals surface area contributed by atoms with Gasteiger partial charge in [0.2, 0.25) is 6.79 Å². The molecule has 0 amide bonds. The van der Waals surface area contributed by atoms with Crippen LogP contribution >= 0.6 is 0 Å². The van der Waals surface area contributed by atoms with Crippen LogP contribution in [0, 0.1) is 47.2 Å². The average Bonchev–Trinajstić information content (AvgIpc) is 3.41. The van der Waals surface area contributed by atoms with E-state index >= 15 is 0 Å². The van der Waals surface area contributed by atoms with Crippen LogP contribution in [0.25, 0.3) is 0 Å². The van der Waals surface area contributed by atoms with E-state index in [2.05, 4.69) is 0 Å². The second-order valence-corrected chi connectivity index (χ2v) is 8.06. The molecule has 2 aliphatic rings. The summed E-state index contributed by atoms with van der Waals surface area (Å²) in [7, 11) is 1.56. The molecule has 35 heavy (non-hydrogen) atoms. The first kappa shape index (κ1) is 28.1. The second kappa shape index (κ2) is 11.7. The first-order valence-electron chi connectivity index (χ1n) is 10.8. The van der Waals surface area contributed by atoms with Gasteiger partial charge in [-0.25, -0.2) is 0 Å². The third-order valence-corrected chi connectivity index (χ3v) is 6.34. The summed E-state index contributed by atoms with van der Waals surface area (Å²) in [5.74, 6) is -0.824. The average molecular weight is 611 g/mol. The minimum Gasteiger partial charge on any atom is -0.550 e. The molecule has 3 aromatic carbocycles. The summed E-state index contributed by atoms with van der Waals surface area (Å²) in [6, 6.07) is 15.8. The number of carboxylic acid groups (broad SMARTS) is 1. The number of carboxylic acids is 1. The van der Waals surface area contributed by atoms with Crippen molar-refractivity contribution < 1.29 is 105 Å². The quantitative estimate of drug-likeness (QED) is 0.398. The van der Waals surface area contributed by atoms with Crippen molar-refractivity contribution in [3.05, 3.63) is 76.9 Å². The first-order valence-corrected chi connectivity index (χ1v) is 10.8. The van der Waals surface area contributed by atoms with Gasteiger partial charge in [-0.2, -0.15) is 0 Å². The summed E-state index contributed by atoms with van der Waals surface area (Å²) in [4.78, 5) is 12.7. The third-order valence-electron chi connectivity index (χ3n) is 6.34. The Bertz CT molecular complexity index is 1230. The van der Waals surface area contributed by atoms with Crippen LogP contribution in [-0.2, 0) is 4.79 Å². The third kappa shape index (κ3) is 5.16. The smallest absolute Gasteiger partial charge is 0.550 e. The van der Waals surface area contributed by atoms with E-state index in [4.69, 9.17) is 18.9 Å². The number of phenols is 1. The molecule has 7 nitrogen and oxygen atoms in total. The van der Waals surface area contributed by atoms with Gasteiger partial charge >= 0.3 is 29.6 Å². The van der Waals surface area contributed by atoms with E-state index < -0.39 is 23.7 Å². The molecule has 1 N–H and O–H groups in total. The van der Waals surface area contributed by atoms with Crippen LogP contribution in [0.4, 0.5) is 0 Å². The van der Waals surface area contributed by atoms with Crippen LogP contribution < -0.4 is 53.6 Å². The topological polar surface area (TPSA) is 97.3 Å². The number of benzene rings is 3. The number of aliphatic carboxylic acids is 1. The zero-order valence-corrected chi connectivity index (χ0v) is 25.5. The van der Waals surface area contributed by atoms with Crippen molar-refractivity contribution in [3.63, 3.8) is 0 Å². The number of hydrogen-bond acceptors (Lipinski definition) is 7. The molecule has 173 valence electrons. The van der Waals surface area contributed by atoms with Gasteiger partial charge < -0.3 is 34.0 Å². The molecule has 5 rings (SSSR count). The van der Waals surface area contributed by atoms with Crippen LogP contribution in [0.2, 0.25) is 0 Å². The molecule has 0 aromatic heterocycles. The van der Waals surface area contributed by atoms with Crippen LogP contribution in [0.1, 0.15) is 41.0 Å². The van der Waals surface area contributed by atoms with E-state index in [1.54, 1.807) is 43.5 Å². The summed E-state index contributed by atoms with van der Waals surface area (Å²) >= 11 is 0. The zero-order chi connectivity index (χ0) is 23.1. The SMILES string of the molecule is CCOc1cc(OC)ccc1[C@@H]1c2cc(O)ccc2[C@H](c2ccc3c(c2)OCO3)C1C(=O)[O-].[Na+].[Pr]. The number of carbonyl (C=O) groups is 1. The minimum atomic E-state index is -1.18. The second-order valence-electron chi connectivity index (χ2n) is 8.06. The largest absolute Gasteiger partial charge is 1.00 e. The van der Waals surface area contributed by atoms with Gasteiger partial charge in [-0.3, -0.25) is 0 Å². The molecule has 1 radical (unpaired) electrons. The predicted octanol–water partition coefficient (Wildman–Crippen LogP) is 0.176. The predicted molar refractivity (Wildman–Crippen MR) is 117 cm³/mol. The number of rotatable bonds is 6. The summed E-state index contributed by atoms with van der Waals surface area (Å²) in [6.07, 6.45) is 0. The van der Waals surface area contributed by atoms with Crippen molar-refractivity contribution in [1.82, 2.24) is 0 Å². The van der Waals surface area contributed by atoms with Crippen molar-refractivity contribution in [2.75, 3.05) is 20.5 Å². The van der Waals surface area contributed by atoms with Crippen molar-refractivity contribution in [1.29, 1.82) is 0 Å². The van der Waals surface area contributed by atoms with E-state index in [9.17, 15) is 15.0 Å². The summed E-state index contributed by atoms with van der Waals surface area (Å²) in [5, 5.41) is 22.9. The molecule has 0 saturated carbocycles. The van der Waals surface area contributed by atoms with Gasteiger partial charge in [-0.15, -0.1) is 0 Å². The standard InChI is InChI=1S/C26H24O7.Na.Pr/c1-3-31-21-12-16(30-2)6-8-18(21)24-19-11-15(27)5-7-17(19)23(25(24)26(28)29)14-4-9-20-22(10-14)33-13-32-20;;/h4-12,23-25,27H,3,13H2,1-2H3,(H,28,29);;/q;+1;/p-1/t23-,24+,25?;;/m0../s1. The molecule has 1 unspecified atom stereocenters. The fourth-order valence-corrected chi connectivity index (χ4v) is 5.00. The fraction of sp³-hybridized carbons (Fsp3) is 0.269. The Hall–Kier alpha value is -1.51. The Balaban J connectivity index is 0.00000171. The van der Waals surface area contributed by atoms with Crippen LogP contribution in [0.3, 0.4) is 0 Å². The number of fused-ring (bicyclic) bond motifs is 2. The Morgan fingerprint density at radius 2 is 1.74 bits per heavy atom. The van der Waals surface area contributed by atoms with Gasteiger partial charge in [-0.1, -0.05) is 18.2 Å². The number of carbonyl (C=O) groups excluding carboxylic acids is 1. The maximum Gasteiger partial charge on any atom is 1.00 e. The van der Waals surface area contributed by atoms with Gasteiger partial charge in [0.25, 0.3) is 0 Å². The van der Waals surface area contributed by atoms with Gasteiger partial charge in [0.1, 0.15) is 17.2 Å². The first-order chi connectivity index (χ1) is 16.0. The number of phenolic OH excluding ortho intramolecular Hbond substituents is 1. The van der Waals surface area contributed by atoms with Crippen molar-refractivity contribution in [2.45, 2.75) is 18.8 Å². The monoisotopic (exact) mass is 611 g/mol. The summed E-state index contributed by atoms with van der Waals surface area (Å²) < 4.78 is 22.2. The number of aromatic hydroxyl groups is 1. The Morgan fingerprint density at radius 1 is 1.00 bits per heavy atom. The van der Waals surface area contributed by atoms with Crippen molar-refractivity contribution in [3.8, 4) is 28.7 Å². The van der Waals surface area contributed by atoms with Gasteiger partial charge in [0.15, 0.2) is 11.5 Å². The Morgan fingerprint density at radius 3 is 2.46 bits per heavy atom. The van der Waals surface area contributed by atoms with E-state index in [1.165, 1.54) is 0 Å². The molecule has 3 aromatic rings. The van der Waals surface area contributed by atoms with Gasteiger partial charge in [0.05, 0.1) is 13.7 Å². The van der Waals surface area contributed by atoms with E-state index in [-0.39, 0.29) is 83.4 Å². The molecule has 9 heteroatoms. The molecule has 1 aliphatic heterocycles. The maximum atomic E-state index is 12.7. The summed E-state index contributed by atoms with van der Waals surface area (Å²) in [5.41, 5.74) is 3.00. The van der Waals surface area contributed by atoms with Gasteiger partial charge in [0, 0.05) is 76.6 Å². The van der Waals surface area contributed by atoms with E-state index in [0.717, 1.165) is 16.7 Å².